The van der Waals surface area contributed by atoms with E-state index in [0.29, 0.717) is 6.54 Å². The molecule has 1 amide bonds. The van der Waals surface area contributed by atoms with E-state index >= 15 is 0 Å². The average molecular weight is 294 g/mol. The van der Waals surface area contributed by atoms with E-state index in [-0.39, 0.29) is 11.4 Å². The molecule has 2 aromatic carbocycles. The third-order valence-electron chi connectivity index (χ3n) is 4.30. The molecule has 0 spiro atoms. The SMILES string of the molecule is CC(=O)N1CC(C)(C)N(Cc2ccccc2)c2ccccc21. The molecule has 0 atom stereocenters. The predicted molar refractivity (Wildman–Crippen MR) is 91.2 cm³/mol. The molecule has 0 N–H and O–H groups in total. The van der Waals surface area contributed by atoms with Gasteiger partial charge in [0.2, 0.25) is 5.91 Å². The smallest absolute Gasteiger partial charge is 0.224 e. The quantitative estimate of drug-likeness (QED) is 0.840. The van der Waals surface area contributed by atoms with Crippen molar-refractivity contribution in [2.24, 2.45) is 0 Å². The number of nitrogens with zero attached hydrogens (tertiary/aromatic N) is 2. The summed E-state index contributed by atoms with van der Waals surface area (Å²) in [4.78, 5) is 16.3. The van der Waals surface area contributed by atoms with Crippen molar-refractivity contribution in [1.29, 1.82) is 0 Å². The first-order valence-electron chi connectivity index (χ1n) is 7.68. The number of fused-ring (bicyclic) bond motifs is 1. The number of anilines is 2. The van der Waals surface area contributed by atoms with E-state index in [1.807, 2.05) is 29.2 Å². The molecule has 0 aromatic heterocycles. The molecule has 0 saturated heterocycles. The van der Waals surface area contributed by atoms with Crippen molar-refractivity contribution >= 4 is 17.3 Å². The number of amides is 1. The van der Waals surface area contributed by atoms with Gasteiger partial charge in [0.15, 0.2) is 0 Å². The zero-order chi connectivity index (χ0) is 15.7. The maximum absolute atomic E-state index is 12.0. The summed E-state index contributed by atoms with van der Waals surface area (Å²) in [7, 11) is 0. The Hall–Kier alpha value is -2.29. The van der Waals surface area contributed by atoms with Crippen LogP contribution in [0.5, 0.6) is 0 Å². The Bertz CT molecular complexity index is 679. The monoisotopic (exact) mass is 294 g/mol. The lowest BCUT2D eigenvalue weighted by atomic mass is 9.95. The second-order valence-corrected chi connectivity index (χ2v) is 6.48. The summed E-state index contributed by atoms with van der Waals surface area (Å²) in [6.07, 6.45) is 0. The average Bonchev–Trinajstić information content (AvgIpc) is 2.50. The van der Waals surface area contributed by atoms with E-state index in [1.165, 1.54) is 5.56 Å². The number of hydrogen-bond acceptors (Lipinski definition) is 2. The molecule has 1 aliphatic heterocycles. The van der Waals surface area contributed by atoms with Crippen LogP contribution in [0, 0.1) is 0 Å². The van der Waals surface area contributed by atoms with Gasteiger partial charge >= 0.3 is 0 Å². The van der Waals surface area contributed by atoms with Crippen LogP contribution in [0.2, 0.25) is 0 Å². The fraction of sp³-hybridized carbons (Fsp3) is 0.316. The molecular formula is C19H22N2O. The van der Waals surface area contributed by atoms with Crippen LogP contribution in [0.4, 0.5) is 11.4 Å². The lowest BCUT2D eigenvalue weighted by Gasteiger charge is -2.49. The van der Waals surface area contributed by atoms with E-state index in [1.54, 1.807) is 6.92 Å². The molecular weight excluding hydrogens is 272 g/mol. The highest BCUT2D eigenvalue weighted by Gasteiger charge is 2.37. The van der Waals surface area contributed by atoms with Crippen molar-refractivity contribution < 1.29 is 4.79 Å². The molecule has 0 saturated carbocycles. The lowest BCUT2D eigenvalue weighted by Crippen LogP contribution is -2.56. The van der Waals surface area contributed by atoms with Gasteiger partial charge in [-0.05, 0) is 31.5 Å². The second kappa shape index (κ2) is 5.48. The summed E-state index contributed by atoms with van der Waals surface area (Å²) in [6, 6.07) is 18.6. The van der Waals surface area contributed by atoms with Gasteiger partial charge in [0.1, 0.15) is 0 Å². The van der Waals surface area contributed by atoms with Crippen LogP contribution in [-0.4, -0.2) is 18.0 Å². The van der Waals surface area contributed by atoms with Gasteiger partial charge in [-0.1, -0.05) is 42.5 Å². The Morgan fingerprint density at radius 1 is 1.00 bits per heavy atom. The fourth-order valence-corrected chi connectivity index (χ4v) is 3.15. The van der Waals surface area contributed by atoms with Crippen LogP contribution in [-0.2, 0) is 11.3 Å². The van der Waals surface area contributed by atoms with Crippen molar-refractivity contribution in [3.63, 3.8) is 0 Å². The molecule has 3 heteroatoms. The molecule has 114 valence electrons. The van der Waals surface area contributed by atoms with Crippen LogP contribution in [0.3, 0.4) is 0 Å². The zero-order valence-corrected chi connectivity index (χ0v) is 13.4. The second-order valence-electron chi connectivity index (χ2n) is 6.48. The third-order valence-corrected chi connectivity index (χ3v) is 4.30. The van der Waals surface area contributed by atoms with Gasteiger partial charge in [0.25, 0.3) is 0 Å². The largest absolute Gasteiger partial charge is 0.359 e. The van der Waals surface area contributed by atoms with Crippen LogP contribution < -0.4 is 9.80 Å². The molecule has 0 fully saturated rings. The van der Waals surface area contributed by atoms with Crippen LogP contribution in [0.15, 0.2) is 54.6 Å². The molecule has 0 radical (unpaired) electrons. The highest BCUT2D eigenvalue weighted by Crippen LogP contribution is 2.40. The minimum absolute atomic E-state index is 0.0971. The van der Waals surface area contributed by atoms with E-state index in [4.69, 9.17) is 0 Å². The number of benzene rings is 2. The maximum Gasteiger partial charge on any atom is 0.224 e. The minimum atomic E-state index is -0.115. The summed E-state index contributed by atoms with van der Waals surface area (Å²) in [5.41, 5.74) is 3.29. The van der Waals surface area contributed by atoms with Gasteiger partial charge in [-0.2, -0.15) is 0 Å². The summed E-state index contributed by atoms with van der Waals surface area (Å²) in [5, 5.41) is 0. The van der Waals surface area contributed by atoms with Gasteiger partial charge < -0.3 is 9.80 Å². The topological polar surface area (TPSA) is 23.6 Å². The summed E-state index contributed by atoms with van der Waals surface area (Å²) >= 11 is 0. The van der Waals surface area contributed by atoms with Crippen LogP contribution in [0.25, 0.3) is 0 Å². The first-order chi connectivity index (χ1) is 10.5. The van der Waals surface area contributed by atoms with Crippen molar-refractivity contribution in [3.05, 3.63) is 60.2 Å². The Morgan fingerprint density at radius 3 is 2.23 bits per heavy atom. The standard InChI is InChI=1S/C19H22N2O/c1-15(22)20-14-19(2,3)21(13-16-9-5-4-6-10-16)18-12-8-7-11-17(18)20/h4-12H,13-14H2,1-3H3. The molecule has 0 bridgehead atoms. The normalized spacial score (nSPS) is 16.3. The molecule has 0 aliphatic carbocycles. The number of para-hydroxylation sites is 2. The summed E-state index contributed by atoms with van der Waals surface area (Å²) in [6.45, 7) is 7.58. The molecule has 0 unspecified atom stereocenters. The van der Waals surface area contributed by atoms with Gasteiger partial charge in [0, 0.05) is 20.0 Å². The van der Waals surface area contributed by atoms with Crippen molar-refractivity contribution in [3.8, 4) is 0 Å². The highest BCUT2D eigenvalue weighted by atomic mass is 16.2. The zero-order valence-electron chi connectivity index (χ0n) is 13.4. The van der Waals surface area contributed by atoms with E-state index < -0.39 is 0 Å². The van der Waals surface area contributed by atoms with Crippen LogP contribution in [0.1, 0.15) is 26.3 Å². The van der Waals surface area contributed by atoms with Gasteiger partial charge in [-0.25, -0.2) is 0 Å². The minimum Gasteiger partial charge on any atom is -0.359 e. The van der Waals surface area contributed by atoms with E-state index in [0.717, 1.165) is 17.9 Å². The van der Waals surface area contributed by atoms with Crippen molar-refractivity contribution in [1.82, 2.24) is 0 Å². The van der Waals surface area contributed by atoms with Gasteiger partial charge in [0.05, 0.1) is 16.9 Å². The van der Waals surface area contributed by atoms with E-state index in [2.05, 4.69) is 49.1 Å². The predicted octanol–water partition coefficient (Wildman–Crippen LogP) is 3.84. The van der Waals surface area contributed by atoms with Crippen molar-refractivity contribution in [2.75, 3.05) is 16.3 Å². The fourth-order valence-electron chi connectivity index (χ4n) is 3.15. The number of rotatable bonds is 2. The molecule has 3 nitrogen and oxygen atoms in total. The van der Waals surface area contributed by atoms with Gasteiger partial charge in [-0.3, -0.25) is 4.79 Å². The number of carbonyl (C=O) groups is 1. The Morgan fingerprint density at radius 2 is 1.59 bits per heavy atom. The highest BCUT2D eigenvalue weighted by molar-refractivity contribution is 5.97. The molecule has 3 rings (SSSR count). The molecule has 2 aromatic rings. The first-order valence-corrected chi connectivity index (χ1v) is 7.68. The summed E-state index contributed by atoms with van der Waals surface area (Å²) in [5.74, 6) is 0.0971. The Kier molecular flexibility index (Phi) is 3.65. The van der Waals surface area contributed by atoms with Gasteiger partial charge in [-0.15, -0.1) is 0 Å². The van der Waals surface area contributed by atoms with E-state index in [9.17, 15) is 4.79 Å². The Labute approximate surface area is 132 Å². The maximum atomic E-state index is 12.0. The number of hydrogen-bond donors (Lipinski definition) is 0. The Balaban J connectivity index is 2.04. The van der Waals surface area contributed by atoms with Crippen molar-refractivity contribution in [2.45, 2.75) is 32.9 Å². The number of carbonyl (C=O) groups excluding carboxylic acids is 1. The molecule has 1 aliphatic rings. The summed E-state index contributed by atoms with van der Waals surface area (Å²) < 4.78 is 0. The lowest BCUT2D eigenvalue weighted by molar-refractivity contribution is -0.116. The molecule has 22 heavy (non-hydrogen) atoms. The first kappa shape index (κ1) is 14.6. The van der Waals surface area contributed by atoms with Crippen LogP contribution >= 0.6 is 0 Å². The molecule has 1 heterocycles. The third kappa shape index (κ3) is 2.59.